The summed E-state index contributed by atoms with van der Waals surface area (Å²) >= 11 is 5.82. The number of halogens is 1. The van der Waals surface area contributed by atoms with Crippen LogP contribution in [0.1, 0.15) is 12.5 Å². The summed E-state index contributed by atoms with van der Waals surface area (Å²) < 4.78 is 21.7. The monoisotopic (exact) mass is 288 g/mol. The molecule has 0 aromatic heterocycles. The lowest BCUT2D eigenvalue weighted by atomic mass is 10.2. The van der Waals surface area contributed by atoms with E-state index in [1.807, 2.05) is 0 Å². The first kappa shape index (κ1) is 15.2. The van der Waals surface area contributed by atoms with Crippen LogP contribution in [-0.4, -0.2) is 25.2 Å². The predicted molar refractivity (Wildman–Crippen MR) is 71.3 cm³/mol. The minimum absolute atomic E-state index is 0.112. The van der Waals surface area contributed by atoms with Crippen molar-refractivity contribution in [3.05, 3.63) is 28.8 Å². The second-order valence-corrected chi connectivity index (χ2v) is 5.55. The number of rotatable bonds is 4. The summed E-state index contributed by atoms with van der Waals surface area (Å²) in [7, 11) is -2.36. The van der Waals surface area contributed by atoms with E-state index in [1.54, 1.807) is 19.1 Å². The normalized spacial score (nSPS) is 13.6. The standard InChI is InChI=1S/C12H14ClO4P/c1-3-17-18(14,15)12-9-11(13)7-6-10(12)5-4-8-16-2/h6-7,9H,3,8H2,1-2H3,(H,14,15). The molecule has 0 spiro atoms. The zero-order valence-electron chi connectivity index (χ0n) is 10.1. The molecule has 1 aromatic rings. The van der Waals surface area contributed by atoms with Gasteiger partial charge in [-0.05, 0) is 25.1 Å². The van der Waals surface area contributed by atoms with Gasteiger partial charge in [0.15, 0.2) is 0 Å². The van der Waals surface area contributed by atoms with Crippen LogP contribution in [-0.2, 0) is 13.8 Å². The molecule has 0 aliphatic carbocycles. The summed E-state index contributed by atoms with van der Waals surface area (Å²) in [6.45, 7) is 2.02. The molecule has 0 aliphatic heterocycles. The molecule has 1 atom stereocenters. The molecule has 1 N–H and O–H groups in total. The highest BCUT2D eigenvalue weighted by atomic mass is 35.5. The number of hydrogen-bond donors (Lipinski definition) is 1. The quantitative estimate of drug-likeness (QED) is 0.681. The first-order chi connectivity index (χ1) is 8.51. The van der Waals surface area contributed by atoms with Gasteiger partial charge in [0.1, 0.15) is 6.61 Å². The van der Waals surface area contributed by atoms with E-state index in [0.717, 1.165) is 0 Å². The van der Waals surface area contributed by atoms with Gasteiger partial charge in [0.05, 0.1) is 11.9 Å². The fourth-order valence-corrected chi connectivity index (χ4v) is 2.77. The molecule has 4 nitrogen and oxygen atoms in total. The third-order valence-corrected chi connectivity index (χ3v) is 3.83. The topological polar surface area (TPSA) is 55.8 Å². The molecular weight excluding hydrogens is 275 g/mol. The first-order valence-electron chi connectivity index (χ1n) is 5.26. The lowest BCUT2D eigenvalue weighted by molar-refractivity contribution is 0.240. The van der Waals surface area contributed by atoms with Gasteiger partial charge in [0.25, 0.3) is 0 Å². The SMILES string of the molecule is CCOP(=O)(O)c1cc(Cl)ccc1C#CCOC. The number of benzene rings is 1. The fourth-order valence-electron chi connectivity index (χ4n) is 1.29. The number of hydrogen-bond acceptors (Lipinski definition) is 3. The van der Waals surface area contributed by atoms with Gasteiger partial charge < -0.3 is 14.2 Å². The highest BCUT2D eigenvalue weighted by Gasteiger charge is 2.25. The van der Waals surface area contributed by atoms with E-state index >= 15 is 0 Å². The van der Waals surface area contributed by atoms with E-state index in [1.165, 1.54) is 13.2 Å². The van der Waals surface area contributed by atoms with Gasteiger partial charge in [-0.3, -0.25) is 4.57 Å². The Hall–Kier alpha value is -0.820. The number of ether oxygens (including phenoxy) is 1. The highest BCUT2D eigenvalue weighted by Crippen LogP contribution is 2.42. The van der Waals surface area contributed by atoms with Crippen molar-refractivity contribution >= 4 is 24.5 Å². The van der Waals surface area contributed by atoms with Crippen LogP contribution in [0.5, 0.6) is 0 Å². The van der Waals surface area contributed by atoms with E-state index in [2.05, 4.69) is 11.8 Å². The van der Waals surface area contributed by atoms with Crippen molar-refractivity contribution in [3.8, 4) is 11.8 Å². The van der Waals surface area contributed by atoms with Crippen LogP contribution in [0.25, 0.3) is 0 Å². The highest BCUT2D eigenvalue weighted by molar-refractivity contribution is 7.61. The summed E-state index contributed by atoms with van der Waals surface area (Å²) in [5, 5.41) is 0.469. The van der Waals surface area contributed by atoms with Crippen LogP contribution in [0.2, 0.25) is 5.02 Å². The average Bonchev–Trinajstić information content (AvgIpc) is 2.31. The first-order valence-corrected chi connectivity index (χ1v) is 7.22. The minimum atomic E-state index is -3.89. The Labute approximate surface area is 111 Å². The Morgan fingerprint density at radius 1 is 1.50 bits per heavy atom. The third-order valence-electron chi connectivity index (χ3n) is 2.01. The number of methoxy groups -OCH3 is 1. The molecule has 0 radical (unpaired) electrons. The molecule has 0 amide bonds. The van der Waals surface area contributed by atoms with Crippen molar-refractivity contribution in [2.24, 2.45) is 0 Å². The van der Waals surface area contributed by atoms with Gasteiger partial charge >= 0.3 is 7.60 Å². The van der Waals surface area contributed by atoms with Crippen LogP contribution in [0, 0.1) is 11.8 Å². The lowest BCUT2D eigenvalue weighted by Crippen LogP contribution is -2.11. The molecule has 1 rings (SSSR count). The summed E-state index contributed by atoms with van der Waals surface area (Å²) in [5.41, 5.74) is 0.413. The molecule has 0 saturated heterocycles. The van der Waals surface area contributed by atoms with Crippen LogP contribution in [0.4, 0.5) is 0 Å². The molecule has 0 bridgehead atoms. The predicted octanol–water partition coefficient (Wildman–Crippen LogP) is 2.19. The third kappa shape index (κ3) is 4.13. The van der Waals surface area contributed by atoms with Crippen molar-refractivity contribution in [3.63, 3.8) is 0 Å². The van der Waals surface area contributed by atoms with Crippen molar-refractivity contribution in [2.75, 3.05) is 20.3 Å². The zero-order valence-corrected chi connectivity index (χ0v) is 11.8. The summed E-state index contributed by atoms with van der Waals surface area (Å²) in [4.78, 5) is 9.82. The van der Waals surface area contributed by atoms with E-state index in [9.17, 15) is 9.46 Å². The van der Waals surface area contributed by atoms with Crippen molar-refractivity contribution in [1.82, 2.24) is 0 Å². The Balaban J connectivity index is 3.21. The van der Waals surface area contributed by atoms with Gasteiger partial charge in [-0.2, -0.15) is 0 Å². The molecule has 1 unspecified atom stereocenters. The second-order valence-electron chi connectivity index (χ2n) is 3.33. The summed E-state index contributed by atoms with van der Waals surface area (Å²) in [6.07, 6.45) is 0. The average molecular weight is 289 g/mol. The molecule has 18 heavy (non-hydrogen) atoms. The molecule has 1 aromatic carbocycles. The lowest BCUT2D eigenvalue weighted by Gasteiger charge is -2.12. The van der Waals surface area contributed by atoms with E-state index in [4.69, 9.17) is 20.9 Å². The summed E-state index contributed by atoms with van der Waals surface area (Å²) in [6, 6.07) is 4.59. The van der Waals surface area contributed by atoms with Gasteiger partial charge in [-0.15, -0.1) is 0 Å². The van der Waals surface area contributed by atoms with Gasteiger partial charge in [0.2, 0.25) is 0 Å². The molecule has 0 saturated carbocycles. The van der Waals surface area contributed by atoms with E-state index < -0.39 is 7.60 Å². The minimum Gasteiger partial charge on any atom is -0.372 e. The van der Waals surface area contributed by atoms with Crippen LogP contribution in [0.3, 0.4) is 0 Å². The molecule has 6 heteroatoms. The molecule has 98 valence electrons. The Bertz CT molecular complexity index is 519. The van der Waals surface area contributed by atoms with E-state index in [0.29, 0.717) is 10.6 Å². The zero-order chi connectivity index (χ0) is 13.6. The van der Waals surface area contributed by atoms with Crippen LogP contribution < -0.4 is 5.30 Å². The summed E-state index contributed by atoms with van der Waals surface area (Å²) in [5.74, 6) is 5.48. The maximum atomic E-state index is 12.0. The van der Waals surface area contributed by atoms with Crippen molar-refractivity contribution in [2.45, 2.75) is 6.92 Å². The molecule has 0 heterocycles. The Kier molecular flexibility index (Phi) is 5.87. The van der Waals surface area contributed by atoms with Crippen LogP contribution >= 0.6 is 19.2 Å². The fraction of sp³-hybridized carbons (Fsp3) is 0.333. The van der Waals surface area contributed by atoms with Gasteiger partial charge in [-0.1, -0.05) is 23.4 Å². The Morgan fingerprint density at radius 2 is 2.22 bits per heavy atom. The van der Waals surface area contributed by atoms with Gasteiger partial charge in [-0.25, -0.2) is 0 Å². The molecule has 0 aliphatic rings. The Morgan fingerprint density at radius 3 is 2.83 bits per heavy atom. The molecular formula is C12H14ClO4P. The van der Waals surface area contributed by atoms with E-state index in [-0.39, 0.29) is 18.5 Å². The van der Waals surface area contributed by atoms with Crippen LogP contribution in [0.15, 0.2) is 18.2 Å². The van der Waals surface area contributed by atoms with Crippen molar-refractivity contribution < 1.29 is 18.7 Å². The van der Waals surface area contributed by atoms with Crippen molar-refractivity contribution in [1.29, 1.82) is 0 Å². The maximum absolute atomic E-state index is 12.0. The van der Waals surface area contributed by atoms with Gasteiger partial charge in [0, 0.05) is 17.7 Å². The second kappa shape index (κ2) is 6.94. The largest absolute Gasteiger partial charge is 0.372 e. The molecule has 0 fully saturated rings. The smallest absolute Gasteiger partial charge is 0.360 e. The maximum Gasteiger partial charge on any atom is 0.360 e.